The van der Waals surface area contributed by atoms with E-state index in [4.69, 9.17) is 9.72 Å². The van der Waals surface area contributed by atoms with E-state index in [1.807, 2.05) is 24.3 Å². The van der Waals surface area contributed by atoms with Crippen molar-refractivity contribution in [1.82, 2.24) is 30.1 Å². The van der Waals surface area contributed by atoms with Crippen LogP contribution in [0.1, 0.15) is 62.5 Å². The van der Waals surface area contributed by atoms with Crippen LogP contribution in [0.15, 0.2) is 65.4 Å². The molecule has 1 saturated carbocycles. The van der Waals surface area contributed by atoms with Gasteiger partial charge in [0.1, 0.15) is 30.3 Å². The number of carbonyl (C=O) groups is 2. The predicted molar refractivity (Wildman–Crippen MR) is 264 cm³/mol. The molecule has 3 aliphatic heterocycles. The number of amides is 2. The van der Waals surface area contributed by atoms with Gasteiger partial charge < -0.3 is 35.1 Å². The molecule has 9 rings (SSSR count). The maximum atomic E-state index is 15.2. The van der Waals surface area contributed by atoms with Gasteiger partial charge in [0.2, 0.25) is 17.8 Å². The minimum absolute atomic E-state index is 0.0588. The number of para-hydroxylation sites is 1. The van der Waals surface area contributed by atoms with Gasteiger partial charge in [-0.05, 0) is 97.6 Å². The molecule has 5 heterocycles. The monoisotopic (exact) mass is 998 g/mol. The van der Waals surface area contributed by atoms with Crippen molar-refractivity contribution < 1.29 is 27.7 Å². The predicted octanol–water partition coefficient (Wildman–Crippen LogP) is 8.37. The lowest BCUT2D eigenvalue weighted by Crippen LogP contribution is -2.54. The fraction of sp³-hybridized carbons (Fsp3) is 0.449. The number of aromatic nitrogens is 3. The first-order valence-electron chi connectivity index (χ1n) is 23.2. The molecule has 1 unspecified atom stereocenters. The first kappa shape index (κ1) is 46.9. The highest BCUT2D eigenvalue weighted by Gasteiger charge is 2.44. The van der Waals surface area contributed by atoms with E-state index in [9.17, 15) is 14.2 Å². The van der Waals surface area contributed by atoms with Crippen molar-refractivity contribution in [3.63, 3.8) is 0 Å². The maximum Gasteiger partial charge on any atom is 0.234 e. The Kier molecular flexibility index (Phi) is 13.6. The maximum absolute atomic E-state index is 15.2. The zero-order valence-corrected chi connectivity index (χ0v) is 40.9. The summed E-state index contributed by atoms with van der Waals surface area (Å²) in [6.07, 6.45) is 8.63. The highest BCUT2D eigenvalue weighted by molar-refractivity contribution is 9.10. The number of methoxy groups -OCH3 is 1. The second kappa shape index (κ2) is 19.4. The number of nitrogens with one attached hydrogen (secondary N) is 4. The van der Waals surface area contributed by atoms with Crippen molar-refractivity contribution >= 4 is 85.6 Å². The number of aryl methyl sites for hydroxylation is 1. The van der Waals surface area contributed by atoms with Crippen LogP contribution in [0.4, 0.5) is 43.3 Å². The number of fused-ring (bicyclic) bond motifs is 1. The number of hydrogen-bond donors (Lipinski definition) is 4. The number of piperazine rings is 1. The summed E-state index contributed by atoms with van der Waals surface area (Å²) in [6.45, 7) is 13.1. The fourth-order valence-electron chi connectivity index (χ4n) is 10.1. The molecule has 14 nitrogen and oxygen atoms in total. The van der Waals surface area contributed by atoms with Gasteiger partial charge in [0.05, 0.1) is 40.6 Å². The number of rotatable bonds is 15. The topological polar surface area (TPSA) is 157 Å². The second-order valence-corrected chi connectivity index (χ2v) is 22.8. The summed E-state index contributed by atoms with van der Waals surface area (Å²) in [5.41, 5.74) is 4.69. The molecule has 4 fully saturated rings. The Morgan fingerprint density at radius 2 is 1.66 bits per heavy atom. The quantitative estimate of drug-likeness (QED) is 0.0587. The van der Waals surface area contributed by atoms with Crippen molar-refractivity contribution in [2.24, 2.45) is 5.41 Å². The van der Waals surface area contributed by atoms with Gasteiger partial charge >= 0.3 is 0 Å². The Morgan fingerprint density at radius 3 is 2.33 bits per heavy atom. The molecule has 2 aromatic heterocycles. The summed E-state index contributed by atoms with van der Waals surface area (Å²) < 4.78 is 50.5. The van der Waals surface area contributed by atoms with Gasteiger partial charge in [-0.2, -0.15) is 4.98 Å². The van der Waals surface area contributed by atoms with Crippen LogP contribution >= 0.6 is 23.1 Å². The molecular weight excluding hydrogens is 941 g/mol. The molecule has 4 N–H and O–H groups in total. The molecule has 67 heavy (non-hydrogen) atoms. The molecular formula is C49H58BrF2N10O4P. The van der Waals surface area contributed by atoms with Gasteiger partial charge in [0.25, 0.3) is 0 Å². The minimum Gasteiger partial charge on any atom is -0.494 e. The Bertz CT molecular complexity index is 2720. The third kappa shape index (κ3) is 10.3. The van der Waals surface area contributed by atoms with Crippen LogP contribution in [0.5, 0.6) is 5.75 Å². The number of hydrogen-bond acceptors (Lipinski definition) is 13. The Morgan fingerprint density at radius 1 is 0.925 bits per heavy atom. The van der Waals surface area contributed by atoms with Gasteiger partial charge in [-0.3, -0.25) is 24.8 Å². The summed E-state index contributed by atoms with van der Waals surface area (Å²) in [4.78, 5) is 45.5. The molecule has 0 bridgehead atoms. The Labute approximate surface area is 398 Å². The van der Waals surface area contributed by atoms with Crippen molar-refractivity contribution in [3.05, 3.63) is 88.2 Å². The standard InChI is InChI=1S/C49H58BrF2N10O4P/c1-5-30-22-39(57-48-54-26-35(50)46(59-48)56-40-27-53-38-9-7-6-8-33(38)45(40)67(3,4)65)42(66-2)25-41(30)62-16-12-32(13-17-62)61-20-18-60(19-21-61)29-49(14-15-49)28-55-31-23-36(51)44(37(52)24-31)34-10-11-43(63)58-47(34)64/h6-9,22-27,32,34,55H,5,10-21,28-29H2,1-4H3,(H,58,63,64)(H2,54,56,57,59). The van der Waals surface area contributed by atoms with E-state index in [-0.39, 0.29) is 23.8 Å². The van der Waals surface area contributed by atoms with Crippen molar-refractivity contribution in [2.45, 2.75) is 63.8 Å². The zero-order chi connectivity index (χ0) is 47.0. The third-order valence-corrected chi connectivity index (χ3v) is 16.0. The van der Waals surface area contributed by atoms with E-state index in [1.165, 1.54) is 23.4 Å². The molecule has 1 aliphatic carbocycles. The highest BCUT2D eigenvalue weighted by Crippen LogP contribution is 2.47. The van der Waals surface area contributed by atoms with Gasteiger partial charge in [-0.25, -0.2) is 13.8 Å². The lowest BCUT2D eigenvalue weighted by Gasteiger charge is -2.44. The largest absolute Gasteiger partial charge is 0.494 e. The van der Waals surface area contributed by atoms with E-state index in [2.05, 4.69) is 80.9 Å². The smallest absolute Gasteiger partial charge is 0.234 e. The number of pyridine rings is 1. The van der Waals surface area contributed by atoms with Crippen molar-refractivity contribution in [1.29, 1.82) is 0 Å². The van der Waals surface area contributed by atoms with Crippen LogP contribution in [0.3, 0.4) is 0 Å². The summed E-state index contributed by atoms with van der Waals surface area (Å²) in [5, 5.41) is 13.8. The van der Waals surface area contributed by atoms with Crippen LogP contribution in [-0.4, -0.2) is 115 Å². The SMILES string of the molecule is CCc1cc(Nc2ncc(Br)c(Nc3cnc4ccccc4c3P(C)(C)=O)n2)c(OC)cc1N1CCC(N2CCN(CC3(CNc4cc(F)c(C5CCC(=O)NC5=O)c(F)c4)CC3)CC2)CC1. The summed E-state index contributed by atoms with van der Waals surface area (Å²) in [7, 11) is -1.05. The van der Waals surface area contributed by atoms with Gasteiger partial charge in [-0.1, -0.05) is 25.1 Å². The molecule has 1 atom stereocenters. The van der Waals surface area contributed by atoms with E-state index >= 15 is 8.78 Å². The number of anilines is 6. The van der Waals surface area contributed by atoms with E-state index in [0.29, 0.717) is 45.9 Å². The van der Waals surface area contributed by atoms with Crippen LogP contribution in [0.25, 0.3) is 10.9 Å². The molecule has 4 aliphatic rings. The van der Waals surface area contributed by atoms with Gasteiger partial charge in [0, 0.05) is 110 Å². The lowest BCUT2D eigenvalue weighted by molar-refractivity contribution is -0.134. The van der Waals surface area contributed by atoms with E-state index in [1.54, 1.807) is 32.8 Å². The molecule has 3 aromatic carbocycles. The second-order valence-electron chi connectivity index (χ2n) is 18.8. The van der Waals surface area contributed by atoms with Gasteiger partial charge in [-0.15, -0.1) is 0 Å². The van der Waals surface area contributed by atoms with Crippen molar-refractivity contribution in [3.8, 4) is 5.75 Å². The molecule has 5 aromatic rings. The molecule has 2 amide bonds. The average molecular weight is 1000 g/mol. The Balaban J connectivity index is 0.783. The lowest BCUT2D eigenvalue weighted by atomic mass is 9.89. The summed E-state index contributed by atoms with van der Waals surface area (Å²) >= 11 is 3.60. The number of carbonyl (C=O) groups excluding carboxylic acids is 2. The molecule has 3 saturated heterocycles. The van der Waals surface area contributed by atoms with Crippen molar-refractivity contribution in [2.75, 3.05) is 93.6 Å². The number of piperidine rings is 2. The van der Waals surface area contributed by atoms with Crippen LogP contribution in [-0.2, 0) is 20.6 Å². The van der Waals surface area contributed by atoms with Gasteiger partial charge in [0.15, 0.2) is 0 Å². The van der Waals surface area contributed by atoms with Crippen LogP contribution in [0.2, 0.25) is 0 Å². The zero-order valence-electron chi connectivity index (χ0n) is 38.4. The Hall–Kier alpha value is -5.22. The van der Waals surface area contributed by atoms with E-state index in [0.717, 1.165) is 99.8 Å². The summed E-state index contributed by atoms with van der Waals surface area (Å²) in [5.74, 6) is -2.05. The number of benzene rings is 3. The first-order valence-corrected chi connectivity index (χ1v) is 26.6. The fourth-order valence-corrected chi connectivity index (χ4v) is 11.9. The normalized spacial score (nSPS) is 19.3. The average Bonchev–Trinajstić information content (AvgIpc) is 4.08. The summed E-state index contributed by atoms with van der Waals surface area (Å²) in [6, 6.07) is 15.0. The molecule has 354 valence electrons. The first-order chi connectivity index (χ1) is 32.2. The highest BCUT2D eigenvalue weighted by atomic mass is 79.9. The molecule has 18 heteroatoms. The van der Waals surface area contributed by atoms with Crippen LogP contribution < -0.4 is 36.2 Å². The number of ether oxygens (including phenoxy) is 1. The number of halogens is 3. The third-order valence-electron chi connectivity index (χ3n) is 13.9. The molecule has 0 spiro atoms. The minimum atomic E-state index is -2.72. The van der Waals surface area contributed by atoms with E-state index < -0.39 is 36.5 Å². The van der Waals surface area contributed by atoms with Crippen LogP contribution in [0, 0.1) is 17.0 Å². The number of nitrogens with zero attached hydrogens (tertiary/aromatic N) is 6. The molecule has 0 radical (unpaired) electrons. The number of imide groups is 1.